The zero-order chi connectivity index (χ0) is 15.9. The third-order valence-electron chi connectivity index (χ3n) is 4.11. The number of benzene rings is 1. The Hall–Kier alpha value is -2.62. The van der Waals surface area contributed by atoms with E-state index in [1.807, 2.05) is 44.2 Å². The van der Waals surface area contributed by atoms with E-state index in [1.54, 1.807) is 24.9 Å². The first-order chi connectivity index (χ1) is 10.5. The second-order valence-corrected chi connectivity index (χ2v) is 5.42. The molecule has 0 amide bonds. The van der Waals surface area contributed by atoms with Gasteiger partial charge in [-0.2, -0.15) is 0 Å². The summed E-state index contributed by atoms with van der Waals surface area (Å²) in [6.07, 6.45) is 1.75. The number of aryl methyl sites for hydroxylation is 2. The lowest BCUT2D eigenvalue weighted by Crippen LogP contribution is -2.21. The summed E-state index contributed by atoms with van der Waals surface area (Å²) in [6.45, 7) is 3.93. The zero-order valence-electron chi connectivity index (χ0n) is 13.2. The molecule has 0 spiro atoms. The maximum atomic E-state index is 12.8. The van der Waals surface area contributed by atoms with Gasteiger partial charge in [-0.1, -0.05) is 18.2 Å². The molecule has 2 heterocycles. The number of aromatic nitrogens is 2. The van der Waals surface area contributed by atoms with Gasteiger partial charge in [0.05, 0.1) is 18.2 Å². The fraction of sp³-hybridized carbons (Fsp3) is 0.222. The molecule has 0 aliphatic heterocycles. The number of pyridine rings is 2. The Morgan fingerprint density at radius 2 is 1.95 bits per heavy atom. The Labute approximate surface area is 129 Å². The monoisotopic (exact) mass is 294 g/mol. The highest BCUT2D eigenvalue weighted by atomic mass is 16.5. The number of methoxy groups -OCH3 is 1. The van der Waals surface area contributed by atoms with E-state index in [0.717, 1.165) is 27.7 Å². The third-order valence-corrected chi connectivity index (χ3v) is 4.11. The zero-order valence-corrected chi connectivity index (χ0v) is 13.2. The minimum Gasteiger partial charge on any atom is -0.496 e. The van der Waals surface area contributed by atoms with Crippen molar-refractivity contribution >= 4 is 10.9 Å². The average molecular weight is 294 g/mol. The van der Waals surface area contributed by atoms with Crippen molar-refractivity contribution in [3.63, 3.8) is 0 Å². The van der Waals surface area contributed by atoms with Gasteiger partial charge in [0.2, 0.25) is 0 Å². The number of hydrogen-bond acceptors (Lipinski definition) is 3. The fourth-order valence-electron chi connectivity index (χ4n) is 2.72. The molecule has 0 unspecified atom stereocenters. The van der Waals surface area contributed by atoms with Crippen LogP contribution in [0.2, 0.25) is 0 Å². The normalized spacial score (nSPS) is 10.9. The molecule has 4 heteroatoms. The predicted molar refractivity (Wildman–Crippen MR) is 88.4 cm³/mol. The number of fused-ring (bicyclic) bond motifs is 1. The molecule has 22 heavy (non-hydrogen) atoms. The van der Waals surface area contributed by atoms with Crippen LogP contribution in [0.25, 0.3) is 22.0 Å². The SMILES string of the molecule is COc1cc(C)n(C)c(=O)c1-c1ccc(C)c2cccnc12. The molecule has 0 aliphatic rings. The molecule has 3 aromatic rings. The van der Waals surface area contributed by atoms with Gasteiger partial charge in [-0.25, -0.2) is 0 Å². The van der Waals surface area contributed by atoms with E-state index >= 15 is 0 Å². The van der Waals surface area contributed by atoms with Crippen LogP contribution < -0.4 is 10.3 Å². The predicted octanol–water partition coefficient (Wildman–Crippen LogP) is 3.23. The molecule has 0 radical (unpaired) electrons. The van der Waals surface area contributed by atoms with Crippen LogP contribution in [-0.2, 0) is 7.05 Å². The van der Waals surface area contributed by atoms with Crippen LogP contribution in [0.5, 0.6) is 5.75 Å². The number of nitrogens with zero attached hydrogens (tertiary/aromatic N) is 2. The van der Waals surface area contributed by atoms with Crippen molar-refractivity contribution in [3.05, 3.63) is 58.1 Å². The lowest BCUT2D eigenvalue weighted by Gasteiger charge is -2.14. The van der Waals surface area contributed by atoms with Gasteiger partial charge in [0.1, 0.15) is 5.75 Å². The van der Waals surface area contributed by atoms with E-state index in [4.69, 9.17) is 4.74 Å². The molecular formula is C18H18N2O2. The van der Waals surface area contributed by atoms with Gasteiger partial charge < -0.3 is 9.30 Å². The lowest BCUT2D eigenvalue weighted by atomic mass is 9.99. The summed E-state index contributed by atoms with van der Waals surface area (Å²) < 4.78 is 7.09. The molecule has 0 atom stereocenters. The van der Waals surface area contributed by atoms with E-state index in [-0.39, 0.29) is 5.56 Å². The quantitative estimate of drug-likeness (QED) is 0.729. The Morgan fingerprint density at radius 3 is 2.68 bits per heavy atom. The Morgan fingerprint density at radius 1 is 1.18 bits per heavy atom. The second kappa shape index (κ2) is 5.30. The average Bonchev–Trinajstić information content (AvgIpc) is 2.54. The minimum atomic E-state index is -0.0762. The van der Waals surface area contributed by atoms with Crippen molar-refractivity contribution in [3.8, 4) is 16.9 Å². The van der Waals surface area contributed by atoms with Crippen molar-refractivity contribution in [2.75, 3.05) is 7.11 Å². The Kier molecular flexibility index (Phi) is 3.45. The molecule has 2 aromatic heterocycles. The molecule has 0 aliphatic carbocycles. The molecule has 4 nitrogen and oxygen atoms in total. The van der Waals surface area contributed by atoms with Gasteiger partial charge in [-0.3, -0.25) is 9.78 Å². The highest BCUT2D eigenvalue weighted by molar-refractivity contribution is 5.96. The second-order valence-electron chi connectivity index (χ2n) is 5.42. The van der Waals surface area contributed by atoms with E-state index in [2.05, 4.69) is 4.98 Å². The molecule has 0 N–H and O–H groups in total. The van der Waals surface area contributed by atoms with Crippen LogP contribution in [-0.4, -0.2) is 16.7 Å². The van der Waals surface area contributed by atoms with Crippen LogP contribution in [0.3, 0.4) is 0 Å². The summed E-state index contributed by atoms with van der Waals surface area (Å²) in [4.78, 5) is 17.2. The lowest BCUT2D eigenvalue weighted by molar-refractivity contribution is 0.414. The highest BCUT2D eigenvalue weighted by Crippen LogP contribution is 2.33. The van der Waals surface area contributed by atoms with E-state index < -0.39 is 0 Å². The van der Waals surface area contributed by atoms with Gasteiger partial charge in [0, 0.05) is 36.0 Å². The van der Waals surface area contributed by atoms with E-state index in [1.165, 1.54) is 0 Å². The van der Waals surface area contributed by atoms with E-state index in [0.29, 0.717) is 11.3 Å². The van der Waals surface area contributed by atoms with Gasteiger partial charge in [0.15, 0.2) is 0 Å². The molecule has 0 fully saturated rings. The largest absolute Gasteiger partial charge is 0.496 e. The third kappa shape index (κ3) is 2.08. The summed E-state index contributed by atoms with van der Waals surface area (Å²) >= 11 is 0. The summed E-state index contributed by atoms with van der Waals surface area (Å²) in [6, 6.07) is 9.76. The molecule has 1 aromatic carbocycles. The van der Waals surface area contributed by atoms with Crippen molar-refractivity contribution in [1.29, 1.82) is 0 Å². The Bertz CT molecular complexity index is 926. The maximum Gasteiger partial charge on any atom is 0.262 e. The van der Waals surface area contributed by atoms with Gasteiger partial charge in [-0.15, -0.1) is 0 Å². The van der Waals surface area contributed by atoms with Crippen LogP contribution in [0.1, 0.15) is 11.3 Å². The number of rotatable bonds is 2. The minimum absolute atomic E-state index is 0.0762. The van der Waals surface area contributed by atoms with Crippen LogP contribution in [0.4, 0.5) is 0 Å². The first-order valence-electron chi connectivity index (χ1n) is 7.14. The van der Waals surface area contributed by atoms with Crippen LogP contribution in [0.15, 0.2) is 41.3 Å². The molecule has 0 saturated heterocycles. The first-order valence-corrected chi connectivity index (χ1v) is 7.14. The van der Waals surface area contributed by atoms with Crippen molar-refractivity contribution in [2.24, 2.45) is 7.05 Å². The smallest absolute Gasteiger partial charge is 0.262 e. The standard InChI is InChI=1S/C18H18N2O2/c1-11-7-8-14(17-13(11)6-5-9-19-17)16-15(22-4)10-12(2)20(3)18(16)21/h5-10H,1-4H3. The molecule has 0 saturated carbocycles. The van der Waals surface area contributed by atoms with Crippen LogP contribution >= 0.6 is 0 Å². The van der Waals surface area contributed by atoms with Crippen molar-refractivity contribution in [2.45, 2.75) is 13.8 Å². The molecule has 3 rings (SSSR count). The van der Waals surface area contributed by atoms with E-state index in [9.17, 15) is 4.79 Å². The Balaban J connectivity index is 2.46. The summed E-state index contributed by atoms with van der Waals surface area (Å²) in [7, 11) is 3.35. The number of ether oxygens (including phenoxy) is 1. The fourth-order valence-corrected chi connectivity index (χ4v) is 2.72. The topological polar surface area (TPSA) is 44.1 Å². The number of hydrogen-bond donors (Lipinski definition) is 0. The van der Waals surface area contributed by atoms with Gasteiger partial charge in [0.25, 0.3) is 5.56 Å². The highest BCUT2D eigenvalue weighted by Gasteiger charge is 2.17. The molecular weight excluding hydrogens is 276 g/mol. The van der Waals surface area contributed by atoms with Gasteiger partial charge in [-0.05, 0) is 25.5 Å². The summed E-state index contributed by atoms with van der Waals surface area (Å²) in [5, 5.41) is 1.05. The van der Waals surface area contributed by atoms with Crippen molar-refractivity contribution < 1.29 is 4.74 Å². The summed E-state index contributed by atoms with van der Waals surface area (Å²) in [5.74, 6) is 0.580. The summed E-state index contributed by atoms with van der Waals surface area (Å²) in [5.41, 5.74) is 4.09. The molecule has 112 valence electrons. The van der Waals surface area contributed by atoms with Gasteiger partial charge >= 0.3 is 0 Å². The first kappa shape index (κ1) is 14.3. The maximum absolute atomic E-state index is 12.8. The van der Waals surface area contributed by atoms with Crippen molar-refractivity contribution in [1.82, 2.24) is 9.55 Å². The molecule has 0 bridgehead atoms. The van der Waals surface area contributed by atoms with Crippen LogP contribution in [0, 0.1) is 13.8 Å².